The lowest BCUT2D eigenvalue weighted by Gasteiger charge is -2.18. The molecule has 0 bridgehead atoms. The topological polar surface area (TPSA) is 79.4 Å². The maximum Gasteiger partial charge on any atom is 0.254 e. The molecule has 0 aliphatic rings. The van der Waals surface area contributed by atoms with E-state index < -0.39 is 10.0 Å². The quantitative estimate of drug-likeness (QED) is 0.848. The highest BCUT2D eigenvalue weighted by atomic mass is 35.5. The van der Waals surface area contributed by atoms with Crippen LogP contribution in [-0.2, 0) is 14.8 Å². The number of hydrogen-bond acceptors (Lipinski definition) is 5. The number of halogens is 1. The third-order valence-corrected chi connectivity index (χ3v) is 5.57. The number of carbonyl (C=O) groups is 1. The summed E-state index contributed by atoms with van der Waals surface area (Å²) in [6, 6.07) is 0. The van der Waals surface area contributed by atoms with E-state index in [4.69, 9.17) is 11.6 Å². The van der Waals surface area contributed by atoms with Crippen molar-refractivity contribution in [2.24, 2.45) is 0 Å². The van der Waals surface area contributed by atoms with E-state index in [9.17, 15) is 13.2 Å². The summed E-state index contributed by atoms with van der Waals surface area (Å²) in [7, 11) is -3.70. The molecule has 6 nitrogen and oxygen atoms in total. The van der Waals surface area contributed by atoms with Crippen molar-refractivity contribution in [2.45, 2.75) is 18.1 Å². The first-order valence-electron chi connectivity index (χ1n) is 5.30. The average Bonchev–Trinajstić information content (AvgIpc) is 2.73. The van der Waals surface area contributed by atoms with Crippen LogP contribution in [0, 0.1) is 0 Å². The summed E-state index contributed by atoms with van der Waals surface area (Å²) in [6.07, 6.45) is 1.20. The molecule has 1 N–H and O–H groups in total. The highest BCUT2D eigenvalue weighted by molar-refractivity contribution is 7.91. The number of hydrogen-bond donors (Lipinski definition) is 1. The van der Waals surface area contributed by atoms with Crippen molar-refractivity contribution in [3.8, 4) is 0 Å². The summed E-state index contributed by atoms with van der Waals surface area (Å²) in [6.45, 7) is 3.89. The number of rotatable bonds is 6. The molecular formula is C9H14ClN3O3S2. The van der Waals surface area contributed by atoms with Crippen molar-refractivity contribution in [3.05, 3.63) is 10.7 Å². The first-order valence-corrected chi connectivity index (χ1v) is 7.93. The Morgan fingerprint density at radius 1 is 1.56 bits per heavy atom. The molecule has 1 amide bonds. The molecule has 0 aromatic carbocycles. The lowest BCUT2D eigenvalue weighted by atomic mass is 10.5. The van der Waals surface area contributed by atoms with Gasteiger partial charge in [-0.05, 0) is 6.92 Å². The Labute approximate surface area is 115 Å². The fraction of sp³-hybridized carbons (Fsp3) is 0.556. The van der Waals surface area contributed by atoms with Gasteiger partial charge in [-0.2, -0.15) is 4.31 Å². The zero-order chi connectivity index (χ0) is 13.8. The number of thiazole rings is 1. The van der Waals surface area contributed by atoms with Gasteiger partial charge in [-0.25, -0.2) is 13.4 Å². The maximum absolute atomic E-state index is 12.2. The number of nitrogens with one attached hydrogen (secondary N) is 1. The molecule has 0 fully saturated rings. The molecule has 1 heterocycles. The zero-order valence-corrected chi connectivity index (χ0v) is 12.4. The van der Waals surface area contributed by atoms with E-state index in [1.165, 1.54) is 6.20 Å². The van der Waals surface area contributed by atoms with E-state index in [-0.39, 0.29) is 27.7 Å². The molecule has 0 saturated carbocycles. The first kappa shape index (κ1) is 15.4. The summed E-state index contributed by atoms with van der Waals surface area (Å²) in [5.41, 5.74) is 0. The van der Waals surface area contributed by atoms with Crippen LogP contribution in [0.2, 0.25) is 4.47 Å². The molecule has 18 heavy (non-hydrogen) atoms. The lowest BCUT2D eigenvalue weighted by molar-refractivity contribution is -0.121. The molecule has 0 atom stereocenters. The molecule has 0 radical (unpaired) electrons. The zero-order valence-electron chi connectivity index (χ0n) is 10.0. The molecule has 102 valence electrons. The van der Waals surface area contributed by atoms with Crippen LogP contribution in [-0.4, -0.2) is 43.2 Å². The standard InChI is InChI=1S/C9H14ClN3O3S2/c1-3-11-7(14)6-13(4-2)18(15,16)8-5-12-9(10)17-8/h5H,3-4,6H2,1-2H3,(H,11,14). The minimum absolute atomic E-state index is 0.0404. The molecule has 0 unspecified atom stereocenters. The first-order chi connectivity index (χ1) is 8.41. The highest BCUT2D eigenvalue weighted by Gasteiger charge is 2.27. The summed E-state index contributed by atoms with van der Waals surface area (Å²) < 4.78 is 25.6. The fourth-order valence-corrected chi connectivity index (χ4v) is 4.12. The van der Waals surface area contributed by atoms with Gasteiger partial charge in [0.2, 0.25) is 5.91 Å². The smallest absolute Gasteiger partial charge is 0.254 e. The van der Waals surface area contributed by atoms with E-state index in [0.717, 1.165) is 15.6 Å². The SMILES string of the molecule is CCNC(=O)CN(CC)S(=O)(=O)c1cnc(Cl)s1. The Morgan fingerprint density at radius 2 is 2.22 bits per heavy atom. The second-order valence-electron chi connectivity index (χ2n) is 3.32. The maximum atomic E-state index is 12.2. The molecule has 0 saturated heterocycles. The molecule has 0 aliphatic heterocycles. The Hall–Kier alpha value is -0.700. The van der Waals surface area contributed by atoms with Crippen LogP contribution < -0.4 is 5.32 Å². The largest absolute Gasteiger partial charge is 0.355 e. The highest BCUT2D eigenvalue weighted by Crippen LogP contribution is 2.25. The number of carbonyl (C=O) groups excluding carboxylic acids is 1. The Balaban J connectivity index is 2.90. The monoisotopic (exact) mass is 311 g/mol. The number of likely N-dealkylation sites (N-methyl/N-ethyl adjacent to an activating group) is 2. The van der Waals surface area contributed by atoms with Gasteiger partial charge >= 0.3 is 0 Å². The normalized spacial score (nSPS) is 11.8. The molecule has 1 rings (SSSR count). The van der Waals surface area contributed by atoms with Crippen LogP contribution in [0.1, 0.15) is 13.8 Å². The van der Waals surface area contributed by atoms with Gasteiger partial charge in [-0.3, -0.25) is 4.79 Å². The minimum Gasteiger partial charge on any atom is -0.355 e. The van der Waals surface area contributed by atoms with Crippen LogP contribution in [0.5, 0.6) is 0 Å². The molecule has 0 spiro atoms. The number of nitrogens with zero attached hydrogens (tertiary/aromatic N) is 2. The van der Waals surface area contributed by atoms with Gasteiger partial charge < -0.3 is 5.32 Å². The van der Waals surface area contributed by atoms with Crippen molar-refractivity contribution in [3.63, 3.8) is 0 Å². The summed E-state index contributed by atoms with van der Waals surface area (Å²) in [5, 5.41) is 2.56. The number of aromatic nitrogens is 1. The Bertz CT molecular complexity index is 515. The summed E-state index contributed by atoms with van der Waals surface area (Å²) >= 11 is 6.49. The van der Waals surface area contributed by atoms with Crippen LogP contribution >= 0.6 is 22.9 Å². The predicted octanol–water partition coefficient (Wildman–Crippen LogP) is 0.943. The van der Waals surface area contributed by atoms with Crippen LogP contribution in [0.25, 0.3) is 0 Å². The van der Waals surface area contributed by atoms with E-state index in [0.29, 0.717) is 6.54 Å². The van der Waals surface area contributed by atoms with Crippen LogP contribution in [0.15, 0.2) is 10.4 Å². The summed E-state index contributed by atoms with van der Waals surface area (Å²) in [5.74, 6) is -0.335. The van der Waals surface area contributed by atoms with Crippen LogP contribution in [0.3, 0.4) is 0 Å². The minimum atomic E-state index is -3.70. The van der Waals surface area contributed by atoms with Crippen molar-refractivity contribution in [1.82, 2.24) is 14.6 Å². The van der Waals surface area contributed by atoms with E-state index >= 15 is 0 Å². The number of amides is 1. The summed E-state index contributed by atoms with van der Waals surface area (Å²) in [4.78, 5) is 15.1. The second kappa shape index (κ2) is 6.46. The van der Waals surface area contributed by atoms with E-state index in [2.05, 4.69) is 10.3 Å². The Kier molecular flexibility index (Phi) is 5.51. The average molecular weight is 312 g/mol. The molecule has 1 aromatic heterocycles. The van der Waals surface area contributed by atoms with Gasteiger partial charge in [0.15, 0.2) is 8.68 Å². The van der Waals surface area contributed by atoms with E-state index in [1.54, 1.807) is 13.8 Å². The molecule has 0 aliphatic carbocycles. The van der Waals surface area contributed by atoms with Gasteiger partial charge in [-0.1, -0.05) is 29.9 Å². The molecular weight excluding hydrogens is 298 g/mol. The van der Waals surface area contributed by atoms with Gasteiger partial charge in [-0.15, -0.1) is 0 Å². The van der Waals surface area contributed by atoms with Gasteiger partial charge in [0.25, 0.3) is 10.0 Å². The van der Waals surface area contributed by atoms with Gasteiger partial charge in [0.05, 0.1) is 12.7 Å². The third-order valence-electron chi connectivity index (χ3n) is 2.10. The molecule has 9 heteroatoms. The third kappa shape index (κ3) is 3.64. The van der Waals surface area contributed by atoms with Crippen molar-refractivity contribution in [2.75, 3.05) is 19.6 Å². The van der Waals surface area contributed by atoms with Crippen molar-refractivity contribution < 1.29 is 13.2 Å². The fourth-order valence-electron chi connectivity index (χ4n) is 1.27. The Morgan fingerprint density at radius 3 is 2.67 bits per heavy atom. The predicted molar refractivity (Wildman–Crippen MR) is 70.2 cm³/mol. The van der Waals surface area contributed by atoms with Gasteiger partial charge in [0.1, 0.15) is 0 Å². The van der Waals surface area contributed by atoms with Gasteiger partial charge in [0, 0.05) is 13.1 Å². The number of sulfonamides is 1. The van der Waals surface area contributed by atoms with Crippen LogP contribution in [0.4, 0.5) is 0 Å². The molecule has 1 aromatic rings. The van der Waals surface area contributed by atoms with Crippen molar-refractivity contribution in [1.29, 1.82) is 0 Å². The van der Waals surface area contributed by atoms with Crippen molar-refractivity contribution >= 4 is 38.9 Å². The van der Waals surface area contributed by atoms with E-state index in [1.807, 2.05) is 0 Å². The lowest BCUT2D eigenvalue weighted by Crippen LogP contribution is -2.40. The second-order valence-corrected chi connectivity index (χ2v) is 7.09.